The largest absolute Gasteiger partial charge is 0.411 e. The molecule has 1 aliphatic carbocycles. The molecule has 5 heteroatoms. The third kappa shape index (κ3) is 1.13. The molecule has 76 valence electrons. The number of nitrogens with two attached hydrogens (primary N) is 1. The smallest absolute Gasteiger partial charge is 0.181 e. The highest BCUT2D eigenvalue weighted by Gasteiger charge is 2.22. The molecule has 0 spiro atoms. The average molecular weight is 219 g/mol. The van der Waals surface area contributed by atoms with Crippen molar-refractivity contribution in [3.8, 4) is 0 Å². The fraction of sp³-hybridized carbons (Fsp3) is 0.200. The van der Waals surface area contributed by atoms with Crippen molar-refractivity contribution in [1.29, 1.82) is 0 Å². The number of hydrogen-bond acceptors (Lipinski definition) is 5. The summed E-state index contributed by atoms with van der Waals surface area (Å²) in [6.07, 6.45) is 1.73. The highest BCUT2D eigenvalue weighted by Crippen LogP contribution is 2.34. The second kappa shape index (κ2) is 2.93. The first-order chi connectivity index (χ1) is 7.29. The molecule has 0 saturated heterocycles. The molecular weight excluding hydrogens is 210 g/mol. The summed E-state index contributed by atoms with van der Waals surface area (Å²) in [6.45, 7) is 0. The molecule has 3 rings (SSSR count). The molecule has 0 radical (unpaired) electrons. The van der Waals surface area contributed by atoms with Crippen molar-refractivity contribution in [2.24, 2.45) is 5.16 Å². The first kappa shape index (κ1) is 8.67. The molecule has 2 aromatic rings. The van der Waals surface area contributed by atoms with Gasteiger partial charge in [-0.25, -0.2) is 4.98 Å². The Morgan fingerprint density at radius 1 is 1.40 bits per heavy atom. The van der Waals surface area contributed by atoms with Gasteiger partial charge in [0.05, 0.1) is 15.9 Å². The van der Waals surface area contributed by atoms with Crippen LogP contribution >= 0.6 is 11.3 Å². The standard InChI is InChI=1S/C10H9N3OS/c11-10-12-7-4-2-5-1-3-6(13-14)8(5)9(7)15-10/h2,4,14H,1,3H2,(H2,11,12)/b13-6+. The fourth-order valence-electron chi connectivity index (χ4n) is 2.05. The zero-order valence-corrected chi connectivity index (χ0v) is 8.71. The number of benzene rings is 1. The molecule has 0 amide bonds. The molecule has 4 nitrogen and oxygen atoms in total. The van der Waals surface area contributed by atoms with Crippen LogP contribution in [0.5, 0.6) is 0 Å². The van der Waals surface area contributed by atoms with Crippen LogP contribution in [-0.4, -0.2) is 15.9 Å². The number of oxime groups is 1. The van der Waals surface area contributed by atoms with Crippen molar-refractivity contribution >= 4 is 32.4 Å². The van der Waals surface area contributed by atoms with Crippen molar-refractivity contribution in [3.63, 3.8) is 0 Å². The fourth-order valence-corrected chi connectivity index (χ4v) is 2.98. The van der Waals surface area contributed by atoms with Crippen molar-refractivity contribution in [2.45, 2.75) is 12.8 Å². The SMILES string of the molecule is Nc1nc2ccc3c(c2s1)/C(=N/O)CC3. The first-order valence-corrected chi connectivity index (χ1v) is 5.50. The normalized spacial score (nSPS) is 17.5. The van der Waals surface area contributed by atoms with E-state index in [1.165, 1.54) is 16.9 Å². The minimum atomic E-state index is 0.558. The number of fused-ring (bicyclic) bond motifs is 3. The summed E-state index contributed by atoms with van der Waals surface area (Å²) in [5.41, 5.74) is 9.57. The second-order valence-electron chi connectivity index (χ2n) is 3.55. The van der Waals surface area contributed by atoms with Gasteiger partial charge in [0.15, 0.2) is 5.13 Å². The third-order valence-electron chi connectivity index (χ3n) is 2.70. The van der Waals surface area contributed by atoms with E-state index in [-0.39, 0.29) is 0 Å². The van der Waals surface area contributed by atoms with Gasteiger partial charge in [0.1, 0.15) is 0 Å². The Kier molecular flexibility index (Phi) is 1.70. The van der Waals surface area contributed by atoms with Crippen molar-refractivity contribution in [1.82, 2.24) is 4.98 Å². The summed E-state index contributed by atoms with van der Waals surface area (Å²) >= 11 is 1.45. The van der Waals surface area contributed by atoms with Crippen molar-refractivity contribution in [2.75, 3.05) is 5.73 Å². The summed E-state index contributed by atoms with van der Waals surface area (Å²) in [7, 11) is 0. The van der Waals surface area contributed by atoms with Gasteiger partial charge in [-0.3, -0.25) is 0 Å². The number of nitrogen functional groups attached to an aromatic ring is 1. The number of nitrogens with zero attached hydrogens (tertiary/aromatic N) is 2. The van der Waals surface area contributed by atoms with Gasteiger partial charge in [-0.1, -0.05) is 22.6 Å². The molecule has 0 atom stereocenters. The maximum atomic E-state index is 8.92. The molecule has 1 aromatic carbocycles. The lowest BCUT2D eigenvalue weighted by molar-refractivity contribution is 0.318. The van der Waals surface area contributed by atoms with E-state index in [9.17, 15) is 0 Å². The Labute approximate surface area is 90.0 Å². The van der Waals surface area contributed by atoms with E-state index in [4.69, 9.17) is 10.9 Å². The predicted molar refractivity (Wildman–Crippen MR) is 60.7 cm³/mol. The maximum Gasteiger partial charge on any atom is 0.181 e. The van der Waals surface area contributed by atoms with E-state index in [1.54, 1.807) is 0 Å². The predicted octanol–water partition coefficient (Wildman–Crippen LogP) is 2.00. The lowest BCUT2D eigenvalue weighted by Gasteiger charge is -1.98. The quantitative estimate of drug-likeness (QED) is 0.526. The summed E-state index contributed by atoms with van der Waals surface area (Å²) in [5.74, 6) is 0. The summed E-state index contributed by atoms with van der Waals surface area (Å²) in [6, 6.07) is 4.01. The van der Waals surface area contributed by atoms with E-state index in [0.717, 1.165) is 34.3 Å². The van der Waals surface area contributed by atoms with E-state index in [2.05, 4.69) is 10.1 Å². The molecule has 3 N–H and O–H groups in total. The van der Waals surface area contributed by atoms with Crippen molar-refractivity contribution < 1.29 is 5.21 Å². The Hall–Kier alpha value is -1.62. The summed E-state index contributed by atoms with van der Waals surface area (Å²) in [4.78, 5) is 4.22. The highest BCUT2D eigenvalue weighted by molar-refractivity contribution is 7.22. The van der Waals surface area contributed by atoms with Crippen LogP contribution in [0, 0.1) is 0 Å². The molecular formula is C10H9N3OS. The molecule has 0 saturated carbocycles. The Morgan fingerprint density at radius 3 is 3.07 bits per heavy atom. The van der Waals surface area contributed by atoms with Gasteiger partial charge in [0.25, 0.3) is 0 Å². The molecule has 1 aromatic heterocycles. The van der Waals surface area contributed by atoms with E-state index >= 15 is 0 Å². The molecule has 0 aliphatic heterocycles. The monoisotopic (exact) mass is 219 g/mol. The van der Waals surface area contributed by atoms with E-state index in [0.29, 0.717) is 5.13 Å². The van der Waals surface area contributed by atoms with Crippen LogP contribution in [0.25, 0.3) is 10.2 Å². The van der Waals surface area contributed by atoms with Gasteiger partial charge in [-0.2, -0.15) is 0 Å². The zero-order valence-electron chi connectivity index (χ0n) is 7.90. The van der Waals surface area contributed by atoms with E-state index in [1.807, 2.05) is 12.1 Å². The molecule has 0 fully saturated rings. The Bertz CT molecular complexity index is 573. The van der Waals surface area contributed by atoms with Crippen LogP contribution in [0.4, 0.5) is 5.13 Å². The third-order valence-corrected chi connectivity index (χ3v) is 3.62. The van der Waals surface area contributed by atoms with Gasteiger partial charge in [-0.05, 0) is 24.5 Å². The zero-order chi connectivity index (χ0) is 10.4. The second-order valence-corrected chi connectivity index (χ2v) is 4.58. The Balaban J connectivity index is 2.42. The van der Waals surface area contributed by atoms with Crippen LogP contribution in [0.2, 0.25) is 0 Å². The van der Waals surface area contributed by atoms with Crippen LogP contribution in [0.15, 0.2) is 17.3 Å². The van der Waals surface area contributed by atoms with Crippen LogP contribution in [0.3, 0.4) is 0 Å². The van der Waals surface area contributed by atoms with Gasteiger partial charge in [0, 0.05) is 5.56 Å². The van der Waals surface area contributed by atoms with Gasteiger partial charge in [0.2, 0.25) is 0 Å². The number of aryl methyl sites for hydroxylation is 1. The highest BCUT2D eigenvalue weighted by atomic mass is 32.1. The van der Waals surface area contributed by atoms with Crippen LogP contribution < -0.4 is 5.73 Å². The first-order valence-electron chi connectivity index (χ1n) is 4.69. The molecule has 0 unspecified atom stereocenters. The van der Waals surface area contributed by atoms with Gasteiger partial charge in [-0.15, -0.1) is 0 Å². The number of thiazole rings is 1. The molecule has 1 heterocycles. The van der Waals surface area contributed by atoms with Crippen molar-refractivity contribution in [3.05, 3.63) is 23.3 Å². The van der Waals surface area contributed by atoms with Crippen LogP contribution in [-0.2, 0) is 6.42 Å². The molecule has 15 heavy (non-hydrogen) atoms. The van der Waals surface area contributed by atoms with Crippen LogP contribution in [0.1, 0.15) is 17.5 Å². The maximum absolute atomic E-state index is 8.92. The minimum Gasteiger partial charge on any atom is -0.411 e. The molecule has 0 bridgehead atoms. The number of anilines is 1. The molecule has 1 aliphatic rings. The average Bonchev–Trinajstić information content (AvgIpc) is 2.78. The van der Waals surface area contributed by atoms with Gasteiger partial charge >= 0.3 is 0 Å². The minimum absolute atomic E-state index is 0.558. The lowest BCUT2D eigenvalue weighted by Crippen LogP contribution is -1.93. The topological polar surface area (TPSA) is 71.5 Å². The Morgan fingerprint density at radius 2 is 2.27 bits per heavy atom. The van der Waals surface area contributed by atoms with Gasteiger partial charge < -0.3 is 10.9 Å². The summed E-state index contributed by atoms with van der Waals surface area (Å²) < 4.78 is 1.04. The number of aromatic nitrogens is 1. The number of hydrogen-bond donors (Lipinski definition) is 2. The van der Waals surface area contributed by atoms with E-state index < -0.39 is 0 Å². The summed E-state index contributed by atoms with van der Waals surface area (Å²) in [5, 5.41) is 12.8. The lowest BCUT2D eigenvalue weighted by atomic mass is 10.1. The number of rotatable bonds is 0.